The average Bonchev–Trinajstić information content (AvgIpc) is 3.14. The predicted octanol–water partition coefficient (Wildman–Crippen LogP) is 3.80. The quantitative estimate of drug-likeness (QED) is 0.799. The van der Waals surface area contributed by atoms with Gasteiger partial charge in [0, 0.05) is 11.4 Å². The SMILES string of the molecule is CCC(CC)(CN)NC(=O)c1nc(-c2ccco2)sc1C.Cl.Cl. The van der Waals surface area contributed by atoms with Crippen molar-refractivity contribution in [2.45, 2.75) is 39.2 Å². The van der Waals surface area contributed by atoms with Gasteiger partial charge in [0.15, 0.2) is 10.8 Å². The fourth-order valence-electron chi connectivity index (χ4n) is 2.18. The van der Waals surface area contributed by atoms with Crippen LogP contribution in [-0.4, -0.2) is 23.0 Å². The van der Waals surface area contributed by atoms with Crippen molar-refractivity contribution in [3.05, 3.63) is 29.0 Å². The second-order valence-electron chi connectivity index (χ2n) is 5.05. The first kappa shape index (κ1) is 21.9. The number of nitrogens with zero attached hydrogens (tertiary/aromatic N) is 1. The molecule has 1 amide bonds. The molecule has 0 saturated carbocycles. The zero-order valence-corrected chi connectivity index (χ0v) is 15.9. The van der Waals surface area contributed by atoms with Crippen molar-refractivity contribution in [1.29, 1.82) is 0 Å². The van der Waals surface area contributed by atoms with Crippen molar-refractivity contribution in [3.8, 4) is 10.8 Å². The summed E-state index contributed by atoms with van der Waals surface area (Å²) in [6.45, 7) is 6.36. The van der Waals surface area contributed by atoms with Gasteiger partial charge in [-0.15, -0.1) is 36.2 Å². The highest BCUT2D eigenvalue weighted by atomic mass is 35.5. The molecule has 2 aromatic heterocycles. The monoisotopic (exact) mass is 379 g/mol. The van der Waals surface area contributed by atoms with E-state index in [0.717, 1.165) is 17.7 Å². The van der Waals surface area contributed by atoms with E-state index in [1.165, 1.54) is 11.3 Å². The minimum atomic E-state index is -0.363. The van der Waals surface area contributed by atoms with Crippen LogP contribution in [0.3, 0.4) is 0 Å². The van der Waals surface area contributed by atoms with Crippen molar-refractivity contribution in [3.63, 3.8) is 0 Å². The number of rotatable bonds is 6. The molecular weight excluding hydrogens is 357 g/mol. The average molecular weight is 380 g/mol. The summed E-state index contributed by atoms with van der Waals surface area (Å²) in [5.74, 6) is 0.508. The number of thiazole rings is 1. The number of halogens is 2. The van der Waals surface area contributed by atoms with Crippen LogP contribution < -0.4 is 11.1 Å². The van der Waals surface area contributed by atoms with E-state index < -0.39 is 0 Å². The molecule has 0 aliphatic heterocycles. The molecule has 2 rings (SSSR count). The topological polar surface area (TPSA) is 81.1 Å². The van der Waals surface area contributed by atoms with Crippen LogP contribution in [0.25, 0.3) is 10.8 Å². The number of hydrogen-bond acceptors (Lipinski definition) is 5. The van der Waals surface area contributed by atoms with E-state index in [2.05, 4.69) is 10.3 Å². The fraction of sp³-hybridized carbons (Fsp3) is 0.467. The second kappa shape index (κ2) is 9.27. The third-order valence-corrected chi connectivity index (χ3v) is 4.85. The Morgan fingerprint density at radius 1 is 1.39 bits per heavy atom. The summed E-state index contributed by atoms with van der Waals surface area (Å²) >= 11 is 1.45. The molecule has 0 radical (unpaired) electrons. The molecule has 0 aliphatic rings. The first-order valence-corrected chi connectivity index (χ1v) is 7.90. The van der Waals surface area contributed by atoms with Gasteiger partial charge in [-0.3, -0.25) is 4.79 Å². The molecule has 0 aromatic carbocycles. The van der Waals surface area contributed by atoms with E-state index in [0.29, 0.717) is 23.0 Å². The lowest BCUT2D eigenvalue weighted by atomic mass is 9.93. The van der Waals surface area contributed by atoms with Crippen LogP contribution in [0.4, 0.5) is 0 Å². The smallest absolute Gasteiger partial charge is 0.271 e. The van der Waals surface area contributed by atoms with Gasteiger partial charge in [0.2, 0.25) is 0 Å². The van der Waals surface area contributed by atoms with Gasteiger partial charge in [0.25, 0.3) is 5.91 Å². The molecule has 130 valence electrons. The van der Waals surface area contributed by atoms with E-state index in [1.54, 1.807) is 12.3 Å². The van der Waals surface area contributed by atoms with E-state index in [9.17, 15) is 4.79 Å². The van der Waals surface area contributed by atoms with Crippen molar-refractivity contribution in [1.82, 2.24) is 10.3 Å². The second-order valence-corrected chi connectivity index (χ2v) is 6.25. The lowest BCUT2D eigenvalue weighted by Gasteiger charge is -2.31. The Balaban J connectivity index is 0.00000242. The summed E-state index contributed by atoms with van der Waals surface area (Å²) in [5, 5.41) is 3.76. The molecule has 2 aromatic rings. The summed E-state index contributed by atoms with van der Waals surface area (Å²) in [7, 11) is 0. The van der Waals surface area contributed by atoms with E-state index in [4.69, 9.17) is 10.2 Å². The van der Waals surface area contributed by atoms with Crippen LogP contribution in [0.2, 0.25) is 0 Å². The summed E-state index contributed by atoms with van der Waals surface area (Å²) in [6, 6.07) is 3.64. The van der Waals surface area contributed by atoms with Crippen molar-refractivity contribution >= 4 is 42.1 Å². The highest BCUT2D eigenvalue weighted by molar-refractivity contribution is 7.15. The summed E-state index contributed by atoms with van der Waals surface area (Å²) in [4.78, 5) is 17.8. The molecule has 0 spiro atoms. The molecule has 23 heavy (non-hydrogen) atoms. The maximum Gasteiger partial charge on any atom is 0.271 e. The maximum absolute atomic E-state index is 12.5. The third-order valence-electron chi connectivity index (χ3n) is 3.87. The number of aromatic nitrogens is 1. The minimum absolute atomic E-state index is 0. The molecule has 0 fully saturated rings. The molecule has 3 N–H and O–H groups in total. The predicted molar refractivity (Wildman–Crippen MR) is 98.9 cm³/mol. The van der Waals surface area contributed by atoms with E-state index in [1.807, 2.05) is 26.8 Å². The standard InChI is InChI=1S/C15H21N3O2S.2ClH/c1-4-15(5-2,9-16)18-13(19)12-10(3)21-14(17-12)11-7-6-8-20-11;;/h6-8H,4-5,9,16H2,1-3H3,(H,18,19);2*1H. The van der Waals surface area contributed by atoms with E-state index >= 15 is 0 Å². The first-order valence-electron chi connectivity index (χ1n) is 7.09. The Morgan fingerprint density at radius 2 is 2.04 bits per heavy atom. The number of carbonyl (C=O) groups is 1. The Morgan fingerprint density at radius 3 is 2.52 bits per heavy atom. The molecule has 5 nitrogen and oxygen atoms in total. The maximum atomic E-state index is 12.5. The molecule has 0 saturated heterocycles. The van der Waals surface area contributed by atoms with Crippen LogP contribution in [0.1, 0.15) is 42.1 Å². The summed E-state index contributed by atoms with van der Waals surface area (Å²) in [6.07, 6.45) is 3.18. The number of amides is 1. The lowest BCUT2D eigenvalue weighted by Crippen LogP contribution is -2.53. The Bertz CT molecular complexity index is 602. The number of nitrogens with one attached hydrogen (secondary N) is 1. The van der Waals surface area contributed by atoms with Gasteiger partial charge in [-0.2, -0.15) is 0 Å². The van der Waals surface area contributed by atoms with Gasteiger partial charge >= 0.3 is 0 Å². The minimum Gasteiger partial charge on any atom is -0.462 e. The number of nitrogens with two attached hydrogens (primary N) is 1. The number of carbonyl (C=O) groups excluding carboxylic acids is 1. The normalized spacial score (nSPS) is 10.6. The van der Waals surface area contributed by atoms with Gasteiger partial charge < -0.3 is 15.5 Å². The van der Waals surface area contributed by atoms with Crippen LogP contribution >= 0.6 is 36.2 Å². The molecule has 2 heterocycles. The zero-order valence-electron chi connectivity index (χ0n) is 13.4. The van der Waals surface area contributed by atoms with Gasteiger partial charge in [0.05, 0.1) is 11.8 Å². The Hall–Kier alpha value is -1.08. The van der Waals surface area contributed by atoms with Crippen molar-refractivity contribution < 1.29 is 9.21 Å². The molecule has 0 atom stereocenters. The number of hydrogen-bond donors (Lipinski definition) is 2. The van der Waals surface area contributed by atoms with Crippen LogP contribution in [-0.2, 0) is 0 Å². The first-order chi connectivity index (χ1) is 10.0. The van der Waals surface area contributed by atoms with Crippen LogP contribution in [0.5, 0.6) is 0 Å². The highest BCUT2D eigenvalue weighted by Crippen LogP contribution is 2.28. The van der Waals surface area contributed by atoms with Crippen LogP contribution in [0.15, 0.2) is 22.8 Å². The molecule has 0 unspecified atom stereocenters. The largest absolute Gasteiger partial charge is 0.462 e. The van der Waals surface area contributed by atoms with Crippen LogP contribution in [0, 0.1) is 6.92 Å². The fourth-order valence-corrected chi connectivity index (χ4v) is 3.06. The summed E-state index contributed by atoms with van der Waals surface area (Å²) in [5.41, 5.74) is 5.92. The third kappa shape index (κ3) is 4.70. The van der Waals surface area contributed by atoms with E-state index in [-0.39, 0.29) is 36.3 Å². The van der Waals surface area contributed by atoms with Gasteiger partial charge in [0.1, 0.15) is 5.69 Å². The number of aryl methyl sites for hydroxylation is 1. The van der Waals surface area contributed by atoms with Crippen molar-refractivity contribution in [2.75, 3.05) is 6.54 Å². The highest BCUT2D eigenvalue weighted by Gasteiger charge is 2.28. The molecular formula is C15H23Cl2N3O2S. The van der Waals surface area contributed by atoms with Gasteiger partial charge in [-0.05, 0) is 31.9 Å². The molecule has 8 heteroatoms. The summed E-state index contributed by atoms with van der Waals surface area (Å²) < 4.78 is 5.33. The van der Waals surface area contributed by atoms with Gasteiger partial charge in [-0.1, -0.05) is 13.8 Å². The Kier molecular flexibility index (Phi) is 8.84. The van der Waals surface area contributed by atoms with Gasteiger partial charge in [-0.25, -0.2) is 4.98 Å². The number of furan rings is 1. The Labute approximate surface area is 152 Å². The lowest BCUT2D eigenvalue weighted by molar-refractivity contribution is 0.0890. The zero-order chi connectivity index (χ0) is 15.5. The molecule has 0 aliphatic carbocycles. The van der Waals surface area contributed by atoms with Crippen molar-refractivity contribution in [2.24, 2.45) is 5.73 Å². The molecule has 0 bridgehead atoms.